The number of aromatic nitrogens is 1. The van der Waals surface area contributed by atoms with E-state index < -0.39 is 22.2 Å². The number of alkyl halides is 3. The number of carbonyl (C=O) groups is 1. The molecule has 7 nitrogen and oxygen atoms in total. The largest absolute Gasteiger partial charge is 0.490 e. The zero-order chi connectivity index (χ0) is 20.3. The third-order valence-electron chi connectivity index (χ3n) is 4.02. The van der Waals surface area contributed by atoms with Gasteiger partial charge in [0.05, 0.1) is 6.10 Å². The number of halogens is 3. The van der Waals surface area contributed by atoms with Gasteiger partial charge in [-0.25, -0.2) is 13.2 Å². The molecule has 3 heterocycles. The summed E-state index contributed by atoms with van der Waals surface area (Å²) in [5.41, 5.74) is 0. The third-order valence-corrected chi connectivity index (χ3v) is 7.37. The van der Waals surface area contributed by atoms with Crippen LogP contribution >= 0.6 is 11.8 Å². The number of ether oxygens (including phenoxy) is 1. The quantitative estimate of drug-likeness (QED) is 0.784. The molecular formula is C15H19F3N2O5S2. The molecule has 2 aliphatic rings. The molecule has 1 aromatic rings. The van der Waals surface area contributed by atoms with Gasteiger partial charge in [-0.1, -0.05) is 0 Å². The third kappa shape index (κ3) is 5.33. The monoisotopic (exact) mass is 428 g/mol. The van der Waals surface area contributed by atoms with Crippen LogP contribution < -0.4 is 0 Å². The first-order valence-corrected chi connectivity index (χ1v) is 10.4. The average Bonchev–Trinajstić information content (AvgIpc) is 2.99. The van der Waals surface area contributed by atoms with Crippen LogP contribution in [0.2, 0.25) is 0 Å². The Morgan fingerprint density at radius 3 is 2.59 bits per heavy atom. The van der Waals surface area contributed by atoms with Crippen molar-refractivity contribution in [1.82, 2.24) is 9.29 Å². The highest BCUT2D eigenvalue weighted by Gasteiger charge is 2.53. The highest BCUT2D eigenvalue weighted by Crippen LogP contribution is 2.47. The molecule has 0 amide bonds. The summed E-state index contributed by atoms with van der Waals surface area (Å²) in [4.78, 5) is 13.1. The summed E-state index contributed by atoms with van der Waals surface area (Å²) in [5, 5.41) is 7.12. The maximum Gasteiger partial charge on any atom is 0.490 e. The number of carboxylic acids is 1. The molecule has 1 spiro atoms. The Hall–Kier alpha value is -1.37. The van der Waals surface area contributed by atoms with Crippen molar-refractivity contribution in [1.29, 1.82) is 0 Å². The molecule has 2 fully saturated rings. The van der Waals surface area contributed by atoms with Crippen LogP contribution in [0.1, 0.15) is 13.3 Å². The fourth-order valence-corrected chi connectivity index (χ4v) is 6.07. The fraction of sp³-hybridized carbons (Fsp3) is 0.600. The normalized spacial score (nSPS) is 22.0. The van der Waals surface area contributed by atoms with Crippen LogP contribution in [0.3, 0.4) is 0 Å². The lowest BCUT2D eigenvalue weighted by molar-refractivity contribution is -0.192. The maximum atomic E-state index is 12.4. The van der Waals surface area contributed by atoms with Gasteiger partial charge in [0, 0.05) is 42.6 Å². The van der Waals surface area contributed by atoms with E-state index in [0.717, 1.165) is 18.8 Å². The molecule has 152 valence electrons. The van der Waals surface area contributed by atoms with Gasteiger partial charge < -0.3 is 9.84 Å². The van der Waals surface area contributed by atoms with Crippen molar-refractivity contribution in [3.05, 3.63) is 24.5 Å². The summed E-state index contributed by atoms with van der Waals surface area (Å²) in [6.45, 7) is 3.88. The van der Waals surface area contributed by atoms with Crippen molar-refractivity contribution in [2.75, 3.05) is 25.4 Å². The number of thioether (sulfide) groups is 1. The standard InChI is InChI=1S/C13H18N2O3S2.C2HF3O2/c1-2-18-11-6-13(19-8-11)9-15(10-13)20(16,17)12-4-3-5-14-7-12;3-2(4,5)1(6)7/h3-5,7,11H,2,6,8-10H2,1H3;(H,6,7). The van der Waals surface area contributed by atoms with Gasteiger partial charge in [-0.2, -0.15) is 17.5 Å². The van der Waals surface area contributed by atoms with Crippen LogP contribution in [-0.4, -0.2) is 71.3 Å². The van der Waals surface area contributed by atoms with E-state index in [4.69, 9.17) is 14.6 Å². The van der Waals surface area contributed by atoms with Gasteiger partial charge in [-0.3, -0.25) is 4.98 Å². The van der Waals surface area contributed by atoms with E-state index in [2.05, 4.69) is 4.98 Å². The van der Waals surface area contributed by atoms with Gasteiger partial charge in [0.1, 0.15) is 4.90 Å². The van der Waals surface area contributed by atoms with Crippen molar-refractivity contribution in [2.45, 2.75) is 35.3 Å². The predicted octanol–water partition coefficient (Wildman–Crippen LogP) is 2.00. The van der Waals surface area contributed by atoms with Crippen LogP contribution in [0.5, 0.6) is 0 Å². The Balaban J connectivity index is 0.000000321. The van der Waals surface area contributed by atoms with Crippen LogP contribution in [0.15, 0.2) is 29.4 Å². The smallest absolute Gasteiger partial charge is 0.475 e. The summed E-state index contributed by atoms with van der Waals surface area (Å²) in [5.74, 6) is -1.79. The van der Waals surface area contributed by atoms with Crippen LogP contribution in [0.4, 0.5) is 13.2 Å². The lowest BCUT2D eigenvalue weighted by Gasteiger charge is -2.46. The van der Waals surface area contributed by atoms with Crippen molar-refractivity contribution in [3.63, 3.8) is 0 Å². The first-order valence-electron chi connectivity index (χ1n) is 7.96. The Morgan fingerprint density at radius 2 is 2.11 bits per heavy atom. The second-order valence-corrected chi connectivity index (χ2v) is 9.47. The molecule has 0 saturated carbocycles. The van der Waals surface area contributed by atoms with Gasteiger partial charge in [0.2, 0.25) is 10.0 Å². The minimum Gasteiger partial charge on any atom is -0.475 e. The van der Waals surface area contributed by atoms with E-state index in [1.165, 1.54) is 6.20 Å². The van der Waals surface area contributed by atoms with Gasteiger partial charge in [-0.05, 0) is 25.5 Å². The lowest BCUT2D eigenvalue weighted by atomic mass is 9.95. The first kappa shape index (κ1) is 21.9. The number of sulfonamides is 1. The molecule has 0 bridgehead atoms. The summed E-state index contributed by atoms with van der Waals surface area (Å²) in [6, 6.07) is 3.25. The molecule has 2 saturated heterocycles. The number of hydrogen-bond donors (Lipinski definition) is 1. The predicted molar refractivity (Wildman–Crippen MR) is 91.9 cm³/mol. The van der Waals surface area contributed by atoms with Gasteiger partial charge in [0.25, 0.3) is 0 Å². The van der Waals surface area contributed by atoms with Gasteiger partial charge >= 0.3 is 12.1 Å². The average molecular weight is 428 g/mol. The number of pyridine rings is 1. The van der Waals surface area contributed by atoms with Crippen LogP contribution in [0, 0.1) is 0 Å². The van der Waals surface area contributed by atoms with Crippen molar-refractivity contribution in [2.24, 2.45) is 0 Å². The molecule has 0 aromatic carbocycles. The van der Waals surface area contributed by atoms with Crippen LogP contribution in [-0.2, 0) is 19.6 Å². The highest BCUT2D eigenvalue weighted by atomic mass is 32.2. The number of carboxylic acid groups (broad SMARTS) is 1. The van der Waals surface area contributed by atoms with E-state index in [1.54, 1.807) is 22.6 Å². The lowest BCUT2D eigenvalue weighted by Crippen LogP contribution is -2.60. The minimum atomic E-state index is -5.08. The summed E-state index contributed by atoms with van der Waals surface area (Å²) < 4.78 is 63.8. The van der Waals surface area contributed by atoms with Crippen molar-refractivity contribution in [3.8, 4) is 0 Å². The van der Waals surface area contributed by atoms with Gasteiger partial charge in [0.15, 0.2) is 0 Å². The Morgan fingerprint density at radius 1 is 1.48 bits per heavy atom. The molecule has 0 radical (unpaired) electrons. The van der Waals surface area contributed by atoms with E-state index >= 15 is 0 Å². The van der Waals surface area contributed by atoms with Crippen molar-refractivity contribution >= 4 is 27.8 Å². The zero-order valence-electron chi connectivity index (χ0n) is 14.3. The topological polar surface area (TPSA) is 96.8 Å². The Labute approximate surface area is 159 Å². The Kier molecular flexibility index (Phi) is 6.77. The van der Waals surface area contributed by atoms with E-state index in [1.807, 2.05) is 18.7 Å². The molecule has 12 heteroatoms. The maximum absolute atomic E-state index is 12.4. The second kappa shape index (κ2) is 8.33. The number of hydrogen-bond acceptors (Lipinski definition) is 6. The number of rotatable bonds is 4. The SMILES string of the molecule is CCOC1CSC2(C1)CN(S(=O)(=O)c1cccnc1)C2.O=C(O)C(F)(F)F. The van der Waals surface area contributed by atoms with E-state index in [-0.39, 0.29) is 15.7 Å². The molecule has 1 aromatic heterocycles. The van der Waals surface area contributed by atoms with Crippen LogP contribution in [0.25, 0.3) is 0 Å². The molecule has 2 aliphatic heterocycles. The minimum absolute atomic E-state index is 0.0646. The second-order valence-electron chi connectivity index (χ2n) is 6.04. The zero-order valence-corrected chi connectivity index (χ0v) is 16.0. The molecule has 1 N–H and O–H groups in total. The summed E-state index contributed by atoms with van der Waals surface area (Å²) >= 11 is 1.85. The summed E-state index contributed by atoms with van der Waals surface area (Å²) in [7, 11) is -3.38. The van der Waals surface area contributed by atoms with E-state index in [9.17, 15) is 21.6 Å². The number of nitrogens with zero attached hydrogens (tertiary/aromatic N) is 2. The van der Waals surface area contributed by atoms with Crippen molar-refractivity contribution < 1.29 is 36.2 Å². The molecule has 1 unspecified atom stereocenters. The van der Waals surface area contributed by atoms with Gasteiger partial charge in [-0.15, -0.1) is 11.8 Å². The molecule has 0 aliphatic carbocycles. The van der Waals surface area contributed by atoms with E-state index in [0.29, 0.717) is 13.1 Å². The highest BCUT2D eigenvalue weighted by molar-refractivity contribution is 8.01. The number of aliphatic carboxylic acids is 1. The Bertz CT molecular complexity index is 752. The first-order chi connectivity index (χ1) is 12.5. The molecule has 1 atom stereocenters. The molecule has 27 heavy (non-hydrogen) atoms. The molecular weight excluding hydrogens is 409 g/mol. The molecule has 3 rings (SSSR count). The fourth-order valence-electron chi connectivity index (χ4n) is 2.78. The summed E-state index contributed by atoms with van der Waals surface area (Å²) in [6.07, 6.45) is -0.875.